The van der Waals surface area contributed by atoms with Crippen LogP contribution in [0.3, 0.4) is 0 Å². The number of anilines is 2. The zero-order chi connectivity index (χ0) is 20.2. The van der Waals surface area contributed by atoms with Gasteiger partial charge in [0, 0.05) is 30.4 Å². The van der Waals surface area contributed by atoms with Gasteiger partial charge >= 0.3 is 0 Å². The van der Waals surface area contributed by atoms with Crippen LogP contribution in [0.4, 0.5) is 11.4 Å². The van der Waals surface area contributed by atoms with Crippen LogP contribution in [0.15, 0.2) is 59.9 Å². The lowest BCUT2D eigenvalue weighted by atomic mass is 10.0. The number of nitrogens with zero attached hydrogens (tertiary/aromatic N) is 2. The van der Waals surface area contributed by atoms with Crippen molar-refractivity contribution in [2.24, 2.45) is 5.16 Å². The Labute approximate surface area is 182 Å². The van der Waals surface area contributed by atoms with Crippen LogP contribution in [0, 0.1) is 0 Å². The third-order valence-corrected chi connectivity index (χ3v) is 5.99. The SMILES string of the molecule is O=C(CCC1CC(c2ccc(Nc3ccnc(Cl)c3)cc2)=NO1)c1ccc(Cl)s1. The molecule has 1 aliphatic rings. The number of nitrogens with one attached hydrogen (secondary N) is 1. The number of Topliss-reactive ketones (excluding diaryl/α,β-unsaturated/α-hetero) is 1. The highest BCUT2D eigenvalue weighted by molar-refractivity contribution is 7.18. The Hall–Kier alpha value is -2.41. The van der Waals surface area contributed by atoms with Crippen molar-refractivity contribution in [2.75, 3.05) is 5.32 Å². The summed E-state index contributed by atoms with van der Waals surface area (Å²) in [5.74, 6) is 0.0885. The fourth-order valence-electron chi connectivity index (χ4n) is 3.03. The second kappa shape index (κ2) is 8.95. The number of carbonyl (C=O) groups excluding carboxylic acids is 1. The largest absolute Gasteiger partial charge is 0.392 e. The van der Waals surface area contributed by atoms with Crippen LogP contribution in [0.5, 0.6) is 0 Å². The van der Waals surface area contributed by atoms with Crippen molar-refractivity contribution in [3.05, 3.63) is 74.7 Å². The van der Waals surface area contributed by atoms with Crippen LogP contribution in [0.2, 0.25) is 9.49 Å². The molecule has 0 fully saturated rings. The minimum absolute atomic E-state index is 0.0823. The Bertz CT molecular complexity index is 1050. The fourth-order valence-corrected chi connectivity index (χ4v) is 4.21. The van der Waals surface area contributed by atoms with Gasteiger partial charge in [0.05, 0.1) is 14.9 Å². The van der Waals surface area contributed by atoms with E-state index in [1.165, 1.54) is 11.3 Å². The molecule has 3 aromatic rings. The third-order valence-electron chi connectivity index (χ3n) is 4.51. The molecule has 0 amide bonds. The van der Waals surface area contributed by atoms with Gasteiger partial charge < -0.3 is 10.2 Å². The number of thiophene rings is 1. The van der Waals surface area contributed by atoms with Crippen molar-refractivity contribution in [3.63, 3.8) is 0 Å². The predicted octanol–water partition coefficient (Wildman–Crippen LogP) is 6.35. The number of aromatic nitrogens is 1. The van der Waals surface area contributed by atoms with Gasteiger partial charge in [-0.3, -0.25) is 4.79 Å². The summed E-state index contributed by atoms with van der Waals surface area (Å²) < 4.78 is 0.626. The summed E-state index contributed by atoms with van der Waals surface area (Å²) in [4.78, 5) is 22.4. The fraction of sp³-hybridized carbons (Fsp3) is 0.190. The first-order chi connectivity index (χ1) is 14.1. The Balaban J connectivity index is 1.30. The standard InChI is InChI=1S/C21H17Cl2N3O2S/c22-20-11-15(9-10-24-20)25-14-3-1-13(2-4-14)17-12-16(28-26-17)5-6-18(27)19-7-8-21(23)29-19/h1-4,7-11,16H,5-6,12H2,(H,24,25). The lowest BCUT2D eigenvalue weighted by Gasteiger charge is -2.08. The number of ketones is 1. The average Bonchev–Trinajstić information content (AvgIpc) is 3.36. The van der Waals surface area contributed by atoms with E-state index in [2.05, 4.69) is 15.5 Å². The van der Waals surface area contributed by atoms with E-state index in [1.54, 1.807) is 24.4 Å². The van der Waals surface area contributed by atoms with Gasteiger partial charge in [-0.05, 0) is 48.4 Å². The first-order valence-electron chi connectivity index (χ1n) is 9.07. The Morgan fingerprint density at radius 3 is 2.69 bits per heavy atom. The number of rotatable bonds is 7. The predicted molar refractivity (Wildman–Crippen MR) is 118 cm³/mol. The van der Waals surface area contributed by atoms with Gasteiger partial charge in [-0.1, -0.05) is 40.5 Å². The molecule has 4 rings (SSSR count). The van der Waals surface area contributed by atoms with Crippen molar-refractivity contribution >= 4 is 57.4 Å². The molecule has 0 bridgehead atoms. The summed E-state index contributed by atoms with van der Waals surface area (Å²) in [7, 11) is 0. The molecule has 0 radical (unpaired) electrons. The van der Waals surface area contributed by atoms with Gasteiger partial charge in [0.25, 0.3) is 0 Å². The van der Waals surface area contributed by atoms with Gasteiger partial charge in [0.15, 0.2) is 5.78 Å². The first-order valence-corrected chi connectivity index (χ1v) is 10.6. The van der Waals surface area contributed by atoms with Crippen LogP contribution in [-0.4, -0.2) is 22.6 Å². The van der Waals surface area contributed by atoms with Crippen LogP contribution in [-0.2, 0) is 4.84 Å². The number of benzene rings is 1. The molecule has 5 nitrogen and oxygen atoms in total. The normalized spacial score (nSPS) is 15.7. The molecule has 1 aliphatic heterocycles. The van der Waals surface area contributed by atoms with Crippen molar-refractivity contribution in [1.29, 1.82) is 0 Å². The molecule has 0 saturated carbocycles. The van der Waals surface area contributed by atoms with E-state index in [-0.39, 0.29) is 11.9 Å². The van der Waals surface area contributed by atoms with E-state index in [9.17, 15) is 4.79 Å². The maximum Gasteiger partial charge on any atom is 0.172 e. The van der Waals surface area contributed by atoms with Crippen LogP contribution < -0.4 is 5.32 Å². The molecule has 29 heavy (non-hydrogen) atoms. The van der Waals surface area contributed by atoms with Gasteiger partial charge in [0.2, 0.25) is 0 Å². The molecule has 0 saturated heterocycles. The highest BCUT2D eigenvalue weighted by atomic mass is 35.5. The topological polar surface area (TPSA) is 63.6 Å². The first kappa shape index (κ1) is 19.9. The molecule has 1 atom stereocenters. The van der Waals surface area contributed by atoms with E-state index in [4.69, 9.17) is 28.0 Å². The van der Waals surface area contributed by atoms with Crippen LogP contribution in [0.1, 0.15) is 34.5 Å². The summed E-state index contributed by atoms with van der Waals surface area (Å²) in [6, 6.07) is 15.1. The van der Waals surface area contributed by atoms with Crippen molar-refractivity contribution < 1.29 is 9.63 Å². The Kier molecular flexibility index (Phi) is 6.13. The summed E-state index contributed by atoms with van der Waals surface area (Å²) in [5.41, 5.74) is 3.70. The van der Waals surface area contributed by atoms with Gasteiger partial charge in [0.1, 0.15) is 11.3 Å². The summed E-state index contributed by atoms with van der Waals surface area (Å²) >= 11 is 13.1. The molecule has 8 heteroatoms. The molecule has 0 spiro atoms. The molecule has 1 unspecified atom stereocenters. The molecular formula is C21H17Cl2N3O2S. The van der Waals surface area contributed by atoms with Crippen molar-refractivity contribution in [1.82, 2.24) is 4.98 Å². The quantitative estimate of drug-likeness (QED) is 0.339. The monoisotopic (exact) mass is 445 g/mol. The maximum atomic E-state index is 12.2. The number of halogens is 2. The molecular weight excluding hydrogens is 429 g/mol. The Morgan fingerprint density at radius 2 is 1.97 bits per heavy atom. The second-order valence-electron chi connectivity index (χ2n) is 6.60. The maximum absolute atomic E-state index is 12.2. The number of oxime groups is 1. The zero-order valence-electron chi connectivity index (χ0n) is 15.3. The lowest BCUT2D eigenvalue weighted by molar-refractivity contribution is 0.0720. The van der Waals surface area contributed by atoms with Crippen LogP contribution >= 0.6 is 34.5 Å². The minimum atomic E-state index is -0.0823. The average molecular weight is 446 g/mol. The third kappa shape index (κ3) is 5.15. The number of pyridine rings is 1. The molecule has 2 aromatic heterocycles. The highest BCUT2D eigenvalue weighted by Gasteiger charge is 2.23. The number of carbonyl (C=O) groups is 1. The molecule has 0 aliphatic carbocycles. The smallest absolute Gasteiger partial charge is 0.172 e. The van der Waals surface area contributed by atoms with E-state index < -0.39 is 0 Å². The highest BCUT2D eigenvalue weighted by Crippen LogP contribution is 2.26. The second-order valence-corrected chi connectivity index (χ2v) is 8.71. The van der Waals surface area contributed by atoms with Gasteiger partial charge in [-0.15, -0.1) is 11.3 Å². The van der Waals surface area contributed by atoms with E-state index in [0.717, 1.165) is 22.6 Å². The molecule has 148 valence electrons. The Morgan fingerprint density at radius 1 is 1.14 bits per heavy atom. The lowest BCUT2D eigenvalue weighted by Crippen LogP contribution is -2.11. The summed E-state index contributed by atoms with van der Waals surface area (Å²) in [6.45, 7) is 0. The van der Waals surface area contributed by atoms with E-state index in [0.29, 0.717) is 33.6 Å². The zero-order valence-corrected chi connectivity index (χ0v) is 17.6. The molecule has 1 N–H and O–H groups in total. The summed E-state index contributed by atoms with van der Waals surface area (Å²) in [6.07, 6.45) is 3.30. The number of hydrogen-bond donors (Lipinski definition) is 1. The number of hydrogen-bond acceptors (Lipinski definition) is 6. The van der Waals surface area contributed by atoms with Crippen LogP contribution in [0.25, 0.3) is 0 Å². The summed E-state index contributed by atoms with van der Waals surface area (Å²) in [5, 5.41) is 7.93. The van der Waals surface area contributed by atoms with Gasteiger partial charge in [-0.25, -0.2) is 4.98 Å². The van der Waals surface area contributed by atoms with Gasteiger partial charge in [-0.2, -0.15) is 0 Å². The molecule has 3 heterocycles. The minimum Gasteiger partial charge on any atom is -0.392 e. The van der Waals surface area contributed by atoms with E-state index >= 15 is 0 Å². The van der Waals surface area contributed by atoms with Crippen molar-refractivity contribution in [2.45, 2.75) is 25.4 Å². The van der Waals surface area contributed by atoms with E-state index in [1.807, 2.05) is 30.3 Å². The molecule has 1 aromatic carbocycles. The van der Waals surface area contributed by atoms with Crippen molar-refractivity contribution in [3.8, 4) is 0 Å².